The molecule has 2 nitrogen and oxygen atoms in total. The van der Waals surface area contributed by atoms with Crippen LogP contribution in [0.5, 0.6) is 0 Å². The second kappa shape index (κ2) is 6.17. The SMILES string of the molecule is CCc1ccc(C2=CCC=C2c2ccc(S(C)(=O)=O)cc2)cc1. The van der Waals surface area contributed by atoms with Gasteiger partial charge in [-0.05, 0) is 52.8 Å². The Morgan fingerprint density at radius 2 is 1.30 bits per heavy atom. The van der Waals surface area contributed by atoms with E-state index in [4.69, 9.17) is 0 Å². The fourth-order valence-corrected chi connectivity index (χ4v) is 3.49. The minimum absolute atomic E-state index is 0.359. The highest BCUT2D eigenvalue weighted by atomic mass is 32.2. The fourth-order valence-electron chi connectivity index (χ4n) is 2.86. The molecule has 0 unspecified atom stereocenters. The van der Waals surface area contributed by atoms with E-state index in [1.54, 1.807) is 12.1 Å². The molecule has 3 heteroatoms. The molecule has 0 amide bonds. The average Bonchev–Trinajstić information content (AvgIpc) is 3.04. The lowest BCUT2D eigenvalue weighted by Crippen LogP contribution is -1.97. The van der Waals surface area contributed by atoms with E-state index in [0.717, 1.165) is 18.4 Å². The maximum absolute atomic E-state index is 11.6. The van der Waals surface area contributed by atoms with E-state index < -0.39 is 9.84 Å². The molecule has 23 heavy (non-hydrogen) atoms. The molecular weight excluding hydrogens is 304 g/mol. The number of hydrogen-bond donors (Lipinski definition) is 0. The first-order valence-corrected chi connectivity index (χ1v) is 9.68. The van der Waals surface area contributed by atoms with Gasteiger partial charge in [0.1, 0.15) is 0 Å². The van der Waals surface area contributed by atoms with Gasteiger partial charge in [0.15, 0.2) is 9.84 Å². The molecule has 0 aromatic heterocycles. The van der Waals surface area contributed by atoms with E-state index in [0.29, 0.717) is 4.90 Å². The lowest BCUT2D eigenvalue weighted by molar-refractivity contribution is 0.602. The quantitative estimate of drug-likeness (QED) is 0.828. The predicted molar refractivity (Wildman–Crippen MR) is 95.9 cm³/mol. The number of aryl methyl sites for hydroxylation is 1. The largest absolute Gasteiger partial charge is 0.224 e. The van der Waals surface area contributed by atoms with Crippen LogP contribution in [0.15, 0.2) is 65.6 Å². The van der Waals surface area contributed by atoms with E-state index in [1.807, 2.05) is 12.1 Å². The van der Waals surface area contributed by atoms with Gasteiger partial charge >= 0.3 is 0 Å². The van der Waals surface area contributed by atoms with E-state index in [9.17, 15) is 8.42 Å². The number of rotatable bonds is 4. The third kappa shape index (κ3) is 3.30. The van der Waals surface area contributed by atoms with E-state index in [-0.39, 0.29) is 0 Å². The van der Waals surface area contributed by atoms with Crippen molar-refractivity contribution in [3.63, 3.8) is 0 Å². The van der Waals surface area contributed by atoms with Crippen molar-refractivity contribution in [1.29, 1.82) is 0 Å². The number of allylic oxidation sites excluding steroid dienone is 4. The summed E-state index contributed by atoms with van der Waals surface area (Å²) in [6.07, 6.45) is 7.60. The number of sulfone groups is 1. The van der Waals surface area contributed by atoms with Crippen LogP contribution in [0.4, 0.5) is 0 Å². The van der Waals surface area contributed by atoms with Crippen LogP contribution in [0.1, 0.15) is 30.0 Å². The topological polar surface area (TPSA) is 34.1 Å². The first-order valence-electron chi connectivity index (χ1n) is 7.79. The summed E-state index contributed by atoms with van der Waals surface area (Å²) in [5.41, 5.74) is 5.99. The normalized spacial score (nSPS) is 14.5. The van der Waals surface area contributed by atoms with Crippen LogP contribution < -0.4 is 0 Å². The van der Waals surface area contributed by atoms with Crippen LogP contribution in [0.2, 0.25) is 0 Å². The van der Waals surface area contributed by atoms with Crippen molar-refractivity contribution in [2.75, 3.05) is 6.26 Å². The number of hydrogen-bond acceptors (Lipinski definition) is 2. The first-order chi connectivity index (χ1) is 11.0. The van der Waals surface area contributed by atoms with Gasteiger partial charge in [0, 0.05) is 6.26 Å². The monoisotopic (exact) mass is 324 g/mol. The van der Waals surface area contributed by atoms with Crippen molar-refractivity contribution in [3.8, 4) is 0 Å². The molecule has 3 rings (SSSR count). The highest BCUT2D eigenvalue weighted by Crippen LogP contribution is 2.36. The standard InChI is InChI=1S/C20H20O2S/c1-3-15-7-9-16(10-8-15)19-5-4-6-20(19)17-11-13-18(14-12-17)23(2,21)22/h5-14H,3-4H2,1-2H3. The van der Waals surface area contributed by atoms with Crippen LogP contribution in [0, 0.1) is 0 Å². The van der Waals surface area contributed by atoms with Crippen LogP contribution in [0.25, 0.3) is 11.1 Å². The Kier molecular flexibility index (Phi) is 4.22. The van der Waals surface area contributed by atoms with Crippen LogP contribution >= 0.6 is 0 Å². The van der Waals surface area contributed by atoms with Crippen molar-refractivity contribution in [3.05, 3.63) is 77.4 Å². The van der Waals surface area contributed by atoms with Gasteiger partial charge in [-0.3, -0.25) is 0 Å². The Balaban J connectivity index is 1.92. The molecule has 0 atom stereocenters. The lowest BCUT2D eigenvalue weighted by Gasteiger charge is -2.11. The molecule has 0 radical (unpaired) electrons. The summed E-state index contributed by atoms with van der Waals surface area (Å²) < 4.78 is 23.2. The second-order valence-corrected chi connectivity index (χ2v) is 7.83. The Bertz CT molecular complexity index is 868. The molecular formula is C20H20O2S. The molecule has 1 aliphatic rings. The van der Waals surface area contributed by atoms with Crippen LogP contribution in [0.3, 0.4) is 0 Å². The third-order valence-corrected chi connectivity index (χ3v) is 5.33. The van der Waals surface area contributed by atoms with Gasteiger partial charge in [0.25, 0.3) is 0 Å². The van der Waals surface area contributed by atoms with Gasteiger partial charge < -0.3 is 0 Å². The minimum Gasteiger partial charge on any atom is -0.224 e. The average molecular weight is 324 g/mol. The third-order valence-electron chi connectivity index (χ3n) is 4.20. The molecule has 0 saturated carbocycles. The molecule has 1 aliphatic carbocycles. The summed E-state index contributed by atoms with van der Waals surface area (Å²) in [4.78, 5) is 0.359. The van der Waals surface area contributed by atoms with Crippen molar-refractivity contribution in [1.82, 2.24) is 0 Å². The Hall–Kier alpha value is -2.13. The van der Waals surface area contributed by atoms with Crippen molar-refractivity contribution >= 4 is 21.0 Å². The zero-order chi connectivity index (χ0) is 16.4. The van der Waals surface area contributed by atoms with Crippen molar-refractivity contribution < 1.29 is 8.42 Å². The molecule has 2 aromatic rings. The maximum Gasteiger partial charge on any atom is 0.175 e. The molecule has 2 aromatic carbocycles. The van der Waals surface area contributed by atoms with E-state index in [2.05, 4.69) is 43.3 Å². The highest BCUT2D eigenvalue weighted by Gasteiger charge is 2.15. The molecule has 0 N–H and O–H groups in total. The van der Waals surface area contributed by atoms with Gasteiger partial charge in [0.2, 0.25) is 0 Å². The molecule has 0 bridgehead atoms. The molecule has 0 heterocycles. The first kappa shape index (κ1) is 15.8. The van der Waals surface area contributed by atoms with E-state index >= 15 is 0 Å². The van der Waals surface area contributed by atoms with Gasteiger partial charge in [-0.1, -0.05) is 55.5 Å². The van der Waals surface area contributed by atoms with Crippen LogP contribution in [-0.2, 0) is 16.3 Å². The highest BCUT2D eigenvalue weighted by molar-refractivity contribution is 7.90. The molecule has 0 saturated heterocycles. The molecule has 0 fully saturated rings. The van der Waals surface area contributed by atoms with Crippen molar-refractivity contribution in [2.24, 2.45) is 0 Å². The van der Waals surface area contributed by atoms with Crippen molar-refractivity contribution in [2.45, 2.75) is 24.7 Å². The molecule has 118 valence electrons. The van der Waals surface area contributed by atoms with Gasteiger partial charge in [-0.15, -0.1) is 0 Å². The van der Waals surface area contributed by atoms with Gasteiger partial charge in [0.05, 0.1) is 4.90 Å². The maximum atomic E-state index is 11.6. The van der Waals surface area contributed by atoms with Gasteiger partial charge in [-0.2, -0.15) is 0 Å². The number of benzene rings is 2. The van der Waals surface area contributed by atoms with E-state index in [1.165, 1.54) is 28.5 Å². The smallest absolute Gasteiger partial charge is 0.175 e. The summed E-state index contributed by atoms with van der Waals surface area (Å²) in [5, 5.41) is 0. The summed E-state index contributed by atoms with van der Waals surface area (Å²) in [5.74, 6) is 0. The van der Waals surface area contributed by atoms with Crippen LogP contribution in [-0.4, -0.2) is 14.7 Å². The Morgan fingerprint density at radius 3 is 1.74 bits per heavy atom. The Labute approximate surface area is 138 Å². The summed E-state index contributed by atoms with van der Waals surface area (Å²) in [6, 6.07) is 15.8. The summed E-state index contributed by atoms with van der Waals surface area (Å²) in [6.45, 7) is 2.15. The zero-order valence-corrected chi connectivity index (χ0v) is 14.2. The second-order valence-electron chi connectivity index (χ2n) is 5.82. The lowest BCUT2D eigenvalue weighted by atomic mass is 9.94. The van der Waals surface area contributed by atoms with Gasteiger partial charge in [-0.25, -0.2) is 8.42 Å². The Morgan fingerprint density at radius 1 is 0.826 bits per heavy atom. The molecule has 0 aliphatic heterocycles. The zero-order valence-electron chi connectivity index (χ0n) is 13.4. The minimum atomic E-state index is -3.15. The molecule has 0 spiro atoms. The fraction of sp³-hybridized carbons (Fsp3) is 0.200. The summed E-state index contributed by atoms with van der Waals surface area (Å²) >= 11 is 0. The summed E-state index contributed by atoms with van der Waals surface area (Å²) in [7, 11) is -3.15. The predicted octanol–water partition coefficient (Wildman–Crippen LogP) is 4.52.